The summed E-state index contributed by atoms with van der Waals surface area (Å²) in [5, 5.41) is 11.5. The first-order valence-corrected chi connectivity index (χ1v) is 13.4. The number of hydrogen-bond acceptors (Lipinski definition) is 6. The first kappa shape index (κ1) is 26.3. The first-order valence-electron chi connectivity index (χ1n) is 11.9. The van der Waals surface area contributed by atoms with Gasteiger partial charge in [0.25, 0.3) is 0 Å². The van der Waals surface area contributed by atoms with Crippen LogP contribution in [0.2, 0.25) is 0 Å². The summed E-state index contributed by atoms with van der Waals surface area (Å²) < 4.78 is 82.4. The second kappa shape index (κ2) is 10.1. The molecule has 1 aliphatic heterocycles. The highest BCUT2D eigenvalue weighted by molar-refractivity contribution is 7.91. The van der Waals surface area contributed by atoms with E-state index in [2.05, 4.69) is 13.8 Å². The molecule has 3 aromatic rings. The van der Waals surface area contributed by atoms with E-state index in [1.807, 2.05) is 23.1 Å². The molecular weight excluding hydrogens is 526 g/mol. The maximum absolute atomic E-state index is 14.3. The number of fused-ring (bicyclic) bond motifs is 2. The van der Waals surface area contributed by atoms with Crippen LogP contribution in [0.5, 0.6) is 17.2 Å². The van der Waals surface area contributed by atoms with E-state index in [4.69, 9.17) is 4.74 Å². The molecule has 202 valence electrons. The van der Waals surface area contributed by atoms with E-state index < -0.39 is 46.0 Å². The topological polar surface area (TPSA) is 83.4 Å². The quantitative estimate of drug-likeness (QED) is 0.385. The molecule has 0 aromatic heterocycles. The Balaban J connectivity index is 1.43. The summed E-state index contributed by atoms with van der Waals surface area (Å²) in [6.45, 7) is 0. The zero-order chi connectivity index (χ0) is 27.1. The number of hydrogen-bond donors (Lipinski definition) is 2. The lowest BCUT2D eigenvalue weighted by molar-refractivity contribution is -0.274. The fraction of sp³-hybridized carbons (Fsp3) is 0.308. The van der Waals surface area contributed by atoms with Crippen molar-refractivity contribution in [3.63, 3.8) is 0 Å². The smallest absolute Gasteiger partial charge is 0.453 e. The highest BCUT2D eigenvalue weighted by atomic mass is 32.2. The maximum Gasteiger partial charge on any atom is 0.573 e. The number of aliphatic hydroxyl groups is 1. The number of alkyl halides is 3. The molecule has 0 amide bonds. The maximum atomic E-state index is 14.3. The molecule has 4 unspecified atom stereocenters. The van der Waals surface area contributed by atoms with Crippen LogP contribution in [0.1, 0.15) is 19.3 Å². The molecule has 2 N–H and O–H groups in total. The number of aliphatic hydroxyl groups excluding tert-OH is 1. The van der Waals surface area contributed by atoms with Crippen LogP contribution in [-0.4, -0.2) is 40.9 Å². The molecule has 1 saturated carbocycles. The standard InChI is InChI=1S/C26H25F4N3O4S/c1-31-38(35,18-12-10-17(11-13-18)37-26(28,29)30)32-19-5-4-7-21(25(19)34)33-20-6-2-3-8-23(20)36-24-14-9-16(27)15-22(24)33/h2-3,6,8-15,19,21,25,34H,4-5,7H2,1H3,(H,31,32,35). The van der Waals surface area contributed by atoms with E-state index in [0.29, 0.717) is 42.1 Å². The van der Waals surface area contributed by atoms with Crippen LogP contribution in [-0.2, 0) is 9.92 Å². The van der Waals surface area contributed by atoms with Crippen LogP contribution in [0.25, 0.3) is 0 Å². The predicted octanol–water partition coefficient (Wildman–Crippen LogP) is 5.91. The molecule has 4 atom stereocenters. The Labute approximate surface area is 217 Å². The molecule has 1 heterocycles. The van der Waals surface area contributed by atoms with E-state index >= 15 is 0 Å². The van der Waals surface area contributed by atoms with Gasteiger partial charge in [0.1, 0.15) is 21.5 Å². The van der Waals surface area contributed by atoms with Crippen LogP contribution in [0.15, 0.2) is 76.0 Å². The fourth-order valence-electron chi connectivity index (χ4n) is 4.94. The minimum absolute atomic E-state index is 0.146. The summed E-state index contributed by atoms with van der Waals surface area (Å²) in [5.74, 6) is 0.0968. The zero-order valence-corrected chi connectivity index (χ0v) is 21.0. The van der Waals surface area contributed by atoms with Crippen LogP contribution in [0, 0.1) is 5.82 Å². The number of rotatable bonds is 5. The Kier molecular flexibility index (Phi) is 6.97. The Morgan fingerprint density at radius 3 is 2.47 bits per heavy atom. The molecule has 0 spiro atoms. The average molecular weight is 552 g/mol. The second-order valence-corrected chi connectivity index (χ2v) is 11.1. The third kappa shape index (κ3) is 5.16. The van der Waals surface area contributed by atoms with Gasteiger partial charge in [0, 0.05) is 19.2 Å². The SMILES string of the molecule is CN=S(=O)(NC1CCCC(N2c3ccccc3Oc3ccc(F)cc32)C1O)c1ccc(OC(F)(F)F)cc1. The van der Waals surface area contributed by atoms with Gasteiger partial charge in [-0.1, -0.05) is 12.1 Å². The lowest BCUT2D eigenvalue weighted by atomic mass is 9.86. The average Bonchev–Trinajstić information content (AvgIpc) is 2.88. The summed E-state index contributed by atoms with van der Waals surface area (Å²) in [5.41, 5.74) is 1.13. The predicted molar refractivity (Wildman–Crippen MR) is 134 cm³/mol. The Bertz CT molecular complexity index is 1440. The van der Waals surface area contributed by atoms with Crippen LogP contribution >= 0.6 is 0 Å². The van der Waals surface area contributed by atoms with E-state index in [1.165, 1.54) is 37.4 Å². The van der Waals surface area contributed by atoms with Crippen molar-refractivity contribution in [1.29, 1.82) is 0 Å². The summed E-state index contributed by atoms with van der Waals surface area (Å²) in [6, 6.07) is 14.8. The van der Waals surface area contributed by atoms with Gasteiger partial charge < -0.3 is 19.5 Å². The second-order valence-electron chi connectivity index (χ2n) is 8.99. The van der Waals surface area contributed by atoms with Crippen molar-refractivity contribution in [2.75, 3.05) is 11.9 Å². The number of anilines is 2. The molecule has 0 radical (unpaired) electrons. The van der Waals surface area contributed by atoms with Crippen molar-refractivity contribution >= 4 is 21.3 Å². The van der Waals surface area contributed by atoms with Gasteiger partial charge in [-0.15, -0.1) is 13.2 Å². The molecule has 0 saturated heterocycles. The van der Waals surface area contributed by atoms with Crippen molar-refractivity contribution in [3.05, 3.63) is 72.5 Å². The molecule has 2 aliphatic rings. The van der Waals surface area contributed by atoms with Crippen LogP contribution in [0.3, 0.4) is 0 Å². The fourth-order valence-corrected chi connectivity index (χ4v) is 6.56. The highest BCUT2D eigenvalue weighted by Gasteiger charge is 2.41. The van der Waals surface area contributed by atoms with E-state index in [9.17, 15) is 26.9 Å². The van der Waals surface area contributed by atoms with Crippen LogP contribution in [0.4, 0.5) is 28.9 Å². The van der Waals surface area contributed by atoms with Crippen molar-refractivity contribution in [3.8, 4) is 17.2 Å². The molecule has 1 fully saturated rings. The Morgan fingerprint density at radius 1 is 1.05 bits per heavy atom. The van der Waals surface area contributed by atoms with E-state index in [1.54, 1.807) is 6.07 Å². The van der Waals surface area contributed by atoms with Crippen LogP contribution < -0.4 is 19.1 Å². The van der Waals surface area contributed by atoms with Gasteiger partial charge >= 0.3 is 6.36 Å². The number of benzene rings is 3. The normalized spacial score (nSPS) is 22.5. The summed E-state index contributed by atoms with van der Waals surface area (Å²) >= 11 is 0. The number of para-hydroxylation sites is 2. The van der Waals surface area contributed by atoms with E-state index in [-0.39, 0.29) is 4.90 Å². The summed E-state index contributed by atoms with van der Waals surface area (Å²) in [4.78, 5) is 2.00. The largest absolute Gasteiger partial charge is 0.573 e. The highest BCUT2D eigenvalue weighted by Crippen LogP contribution is 2.49. The number of ether oxygens (including phenoxy) is 2. The number of nitrogens with one attached hydrogen (secondary N) is 1. The monoisotopic (exact) mass is 551 g/mol. The van der Waals surface area contributed by atoms with Gasteiger partial charge in [0.05, 0.1) is 28.4 Å². The third-order valence-corrected chi connectivity index (χ3v) is 8.67. The minimum Gasteiger partial charge on any atom is -0.453 e. The van der Waals surface area contributed by atoms with Gasteiger partial charge in [0.2, 0.25) is 0 Å². The lowest BCUT2D eigenvalue weighted by Crippen LogP contribution is -2.56. The zero-order valence-electron chi connectivity index (χ0n) is 20.2. The summed E-state index contributed by atoms with van der Waals surface area (Å²) in [7, 11) is -1.97. The third-order valence-electron chi connectivity index (χ3n) is 6.62. The first-order chi connectivity index (χ1) is 18.1. The van der Waals surface area contributed by atoms with Gasteiger partial charge in [-0.25, -0.2) is 17.7 Å². The van der Waals surface area contributed by atoms with Crippen molar-refractivity contribution in [2.24, 2.45) is 4.36 Å². The van der Waals surface area contributed by atoms with Crippen molar-refractivity contribution in [1.82, 2.24) is 4.72 Å². The Hall–Kier alpha value is -3.35. The van der Waals surface area contributed by atoms with Gasteiger partial charge in [0.15, 0.2) is 11.5 Å². The number of nitrogens with zero attached hydrogens (tertiary/aromatic N) is 2. The lowest BCUT2D eigenvalue weighted by Gasteiger charge is -2.45. The molecular formula is C26H25F4N3O4S. The molecule has 1 aliphatic carbocycles. The molecule has 38 heavy (non-hydrogen) atoms. The Morgan fingerprint density at radius 2 is 1.76 bits per heavy atom. The van der Waals surface area contributed by atoms with Gasteiger partial charge in [-0.3, -0.25) is 0 Å². The van der Waals surface area contributed by atoms with Crippen molar-refractivity contribution in [2.45, 2.75) is 48.7 Å². The number of halogens is 4. The molecule has 7 nitrogen and oxygen atoms in total. The summed E-state index contributed by atoms with van der Waals surface area (Å²) in [6.07, 6.45) is -4.21. The van der Waals surface area contributed by atoms with Gasteiger partial charge in [-0.05, 0) is 67.8 Å². The molecule has 3 aromatic carbocycles. The molecule has 12 heteroatoms. The minimum atomic E-state index is -4.85. The molecule has 0 bridgehead atoms. The molecule has 5 rings (SSSR count). The van der Waals surface area contributed by atoms with Crippen molar-refractivity contribution < 1.29 is 36.4 Å². The van der Waals surface area contributed by atoms with E-state index in [0.717, 1.165) is 12.1 Å². The van der Waals surface area contributed by atoms with Gasteiger partial charge in [-0.2, -0.15) is 0 Å².